The number of amides is 1. The summed E-state index contributed by atoms with van der Waals surface area (Å²) in [5, 5.41) is 3.09. The predicted molar refractivity (Wildman–Crippen MR) is 66.6 cm³/mol. The fourth-order valence-electron chi connectivity index (χ4n) is 2.12. The molecular formula is C12H18N2OS. The molecule has 2 rings (SSSR count). The first-order valence-corrected chi connectivity index (χ1v) is 6.53. The van der Waals surface area contributed by atoms with Crippen LogP contribution in [0.4, 0.5) is 0 Å². The number of rotatable bonds is 3. The first-order valence-electron chi connectivity index (χ1n) is 5.72. The van der Waals surface area contributed by atoms with Crippen molar-refractivity contribution < 1.29 is 4.79 Å². The summed E-state index contributed by atoms with van der Waals surface area (Å²) in [7, 11) is 1.86. The SMILES string of the molecule is CNC1CCCN(Cc2ccc(C)s2)C1=O. The zero-order chi connectivity index (χ0) is 11.5. The van der Waals surface area contributed by atoms with Gasteiger partial charge in [-0.05, 0) is 38.9 Å². The van der Waals surface area contributed by atoms with Gasteiger partial charge in [-0.1, -0.05) is 0 Å². The van der Waals surface area contributed by atoms with Crippen molar-refractivity contribution in [1.29, 1.82) is 0 Å². The normalized spacial score (nSPS) is 21.5. The molecular weight excluding hydrogens is 220 g/mol. The highest BCUT2D eigenvalue weighted by molar-refractivity contribution is 7.11. The van der Waals surface area contributed by atoms with Crippen molar-refractivity contribution in [2.45, 2.75) is 32.4 Å². The summed E-state index contributed by atoms with van der Waals surface area (Å²) in [6.07, 6.45) is 2.07. The molecule has 1 N–H and O–H groups in total. The zero-order valence-electron chi connectivity index (χ0n) is 9.82. The summed E-state index contributed by atoms with van der Waals surface area (Å²) in [6, 6.07) is 4.26. The van der Waals surface area contributed by atoms with Gasteiger partial charge in [-0.2, -0.15) is 0 Å². The van der Waals surface area contributed by atoms with Gasteiger partial charge in [0.15, 0.2) is 0 Å². The van der Waals surface area contributed by atoms with E-state index in [1.807, 2.05) is 11.9 Å². The minimum absolute atomic E-state index is 0.0230. The van der Waals surface area contributed by atoms with E-state index in [9.17, 15) is 4.79 Å². The molecule has 1 aromatic rings. The third kappa shape index (κ3) is 2.44. The minimum Gasteiger partial charge on any atom is -0.336 e. The summed E-state index contributed by atoms with van der Waals surface area (Å²) >= 11 is 1.78. The molecule has 0 aromatic carbocycles. The van der Waals surface area contributed by atoms with Crippen molar-refractivity contribution in [3.8, 4) is 0 Å². The molecule has 0 spiro atoms. The lowest BCUT2D eigenvalue weighted by molar-refractivity contribution is -0.136. The molecule has 2 heterocycles. The largest absolute Gasteiger partial charge is 0.336 e. The van der Waals surface area contributed by atoms with Crippen LogP contribution in [0.25, 0.3) is 0 Å². The van der Waals surface area contributed by atoms with Gasteiger partial charge in [-0.25, -0.2) is 0 Å². The molecule has 1 aliphatic heterocycles. The lowest BCUT2D eigenvalue weighted by atomic mass is 10.1. The summed E-state index contributed by atoms with van der Waals surface area (Å²) in [4.78, 5) is 16.6. The van der Waals surface area contributed by atoms with Gasteiger partial charge in [0, 0.05) is 16.3 Å². The summed E-state index contributed by atoms with van der Waals surface area (Å²) in [6.45, 7) is 3.77. The quantitative estimate of drug-likeness (QED) is 0.870. The molecule has 88 valence electrons. The Labute approximate surface area is 100 Å². The van der Waals surface area contributed by atoms with Gasteiger partial charge in [0.1, 0.15) is 0 Å². The molecule has 1 unspecified atom stereocenters. The number of likely N-dealkylation sites (N-methyl/N-ethyl adjacent to an activating group) is 1. The number of nitrogens with one attached hydrogen (secondary N) is 1. The highest BCUT2D eigenvalue weighted by Gasteiger charge is 2.27. The first kappa shape index (κ1) is 11.6. The monoisotopic (exact) mass is 238 g/mol. The number of thiophene rings is 1. The topological polar surface area (TPSA) is 32.3 Å². The molecule has 1 aliphatic rings. The summed E-state index contributed by atoms with van der Waals surface area (Å²) < 4.78 is 0. The number of hydrogen-bond acceptors (Lipinski definition) is 3. The van der Waals surface area contributed by atoms with Crippen LogP contribution in [-0.4, -0.2) is 30.4 Å². The smallest absolute Gasteiger partial charge is 0.240 e. The predicted octanol–water partition coefficient (Wildman–Crippen LogP) is 1.77. The number of likely N-dealkylation sites (tertiary alicyclic amines) is 1. The molecule has 16 heavy (non-hydrogen) atoms. The number of carbonyl (C=O) groups is 1. The van der Waals surface area contributed by atoms with Gasteiger partial charge >= 0.3 is 0 Å². The zero-order valence-corrected chi connectivity index (χ0v) is 10.6. The number of aryl methyl sites for hydroxylation is 1. The third-order valence-electron chi connectivity index (χ3n) is 3.02. The molecule has 1 saturated heterocycles. The standard InChI is InChI=1S/C12H18N2OS/c1-9-5-6-10(16-9)8-14-7-3-4-11(13-2)12(14)15/h5-6,11,13H,3-4,7-8H2,1-2H3. The fourth-order valence-corrected chi connectivity index (χ4v) is 3.03. The van der Waals surface area contributed by atoms with Gasteiger partial charge in [-0.15, -0.1) is 11.3 Å². The molecule has 3 nitrogen and oxygen atoms in total. The molecule has 1 aromatic heterocycles. The molecule has 4 heteroatoms. The van der Waals surface area contributed by atoms with Crippen molar-refractivity contribution in [3.05, 3.63) is 21.9 Å². The van der Waals surface area contributed by atoms with Crippen molar-refractivity contribution in [3.63, 3.8) is 0 Å². The fraction of sp³-hybridized carbons (Fsp3) is 0.583. The van der Waals surface area contributed by atoms with E-state index in [1.165, 1.54) is 9.75 Å². The molecule has 0 radical (unpaired) electrons. The Hall–Kier alpha value is -0.870. The van der Waals surface area contributed by atoms with Crippen molar-refractivity contribution in [2.24, 2.45) is 0 Å². The van der Waals surface area contributed by atoms with Gasteiger partial charge in [-0.3, -0.25) is 4.79 Å². The number of piperidine rings is 1. The van der Waals surface area contributed by atoms with Crippen LogP contribution < -0.4 is 5.32 Å². The number of nitrogens with zero attached hydrogens (tertiary/aromatic N) is 1. The van der Waals surface area contributed by atoms with Crippen LogP contribution in [0.2, 0.25) is 0 Å². The van der Waals surface area contributed by atoms with Crippen LogP contribution in [-0.2, 0) is 11.3 Å². The number of carbonyl (C=O) groups excluding carboxylic acids is 1. The molecule has 0 saturated carbocycles. The highest BCUT2D eigenvalue weighted by Crippen LogP contribution is 2.20. The Kier molecular flexibility index (Phi) is 3.61. The van der Waals surface area contributed by atoms with Gasteiger partial charge in [0.25, 0.3) is 0 Å². The number of hydrogen-bond donors (Lipinski definition) is 1. The van der Waals surface area contributed by atoms with E-state index in [4.69, 9.17) is 0 Å². The Morgan fingerprint density at radius 3 is 3.00 bits per heavy atom. The Bertz CT molecular complexity index is 375. The molecule has 1 amide bonds. The maximum atomic E-state index is 12.0. The van der Waals surface area contributed by atoms with Crippen LogP contribution in [0.5, 0.6) is 0 Å². The first-order chi connectivity index (χ1) is 7.70. The molecule has 0 aliphatic carbocycles. The maximum absolute atomic E-state index is 12.0. The Morgan fingerprint density at radius 2 is 2.38 bits per heavy atom. The average molecular weight is 238 g/mol. The Balaban J connectivity index is 2.01. The second kappa shape index (κ2) is 4.97. The molecule has 1 fully saturated rings. The second-order valence-electron chi connectivity index (χ2n) is 4.26. The van der Waals surface area contributed by atoms with Crippen LogP contribution in [0, 0.1) is 6.92 Å². The lowest BCUT2D eigenvalue weighted by Crippen LogP contribution is -2.49. The van der Waals surface area contributed by atoms with Crippen molar-refractivity contribution in [2.75, 3.05) is 13.6 Å². The summed E-state index contributed by atoms with van der Waals surface area (Å²) in [5.74, 6) is 0.250. The van der Waals surface area contributed by atoms with Crippen molar-refractivity contribution in [1.82, 2.24) is 10.2 Å². The van der Waals surface area contributed by atoms with E-state index in [2.05, 4.69) is 24.4 Å². The maximum Gasteiger partial charge on any atom is 0.240 e. The Morgan fingerprint density at radius 1 is 1.56 bits per heavy atom. The van der Waals surface area contributed by atoms with Crippen LogP contribution in [0.1, 0.15) is 22.6 Å². The van der Waals surface area contributed by atoms with Crippen molar-refractivity contribution >= 4 is 17.2 Å². The van der Waals surface area contributed by atoms with E-state index in [-0.39, 0.29) is 11.9 Å². The van der Waals surface area contributed by atoms with Gasteiger partial charge in [0.05, 0.1) is 12.6 Å². The second-order valence-corrected chi connectivity index (χ2v) is 5.63. The molecule has 0 bridgehead atoms. The van der Waals surface area contributed by atoms with Crippen LogP contribution in [0.3, 0.4) is 0 Å². The third-order valence-corrected chi connectivity index (χ3v) is 4.01. The van der Waals surface area contributed by atoms with Crippen LogP contribution >= 0.6 is 11.3 Å². The summed E-state index contributed by atoms with van der Waals surface area (Å²) in [5.41, 5.74) is 0. The van der Waals surface area contributed by atoms with Gasteiger partial charge < -0.3 is 10.2 Å². The van der Waals surface area contributed by atoms with E-state index in [1.54, 1.807) is 11.3 Å². The minimum atomic E-state index is 0.0230. The lowest BCUT2D eigenvalue weighted by Gasteiger charge is -2.31. The van der Waals surface area contributed by atoms with E-state index in [0.29, 0.717) is 0 Å². The van der Waals surface area contributed by atoms with E-state index < -0.39 is 0 Å². The molecule has 1 atom stereocenters. The van der Waals surface area contributed by atoms with E-state index >= 15 is 0 Å². The van der Waals surface area contributed by atoms with Crippen LogP contribution in [0.15, 0.2) is 12.1 Å². The van der Waals surface area contributed by atoms with E-state index in [0.717, 1.165) is 25.9 Å². The highest BCUT2D eigenvalue weighted by atomic mass is 32.1. The van der Waals surface area contributed by atoms with Gasteiger partial charge in [0.2, 0.25) is 5.91 Å². The average Bonchev–Trinajstić information content (AvgIpc) is 2.67.